The zero-order valence-corrected chi connectivity index (χ0v) is 20.7. The number of nitrogens with zero attached hydrogens (tertiary/aromatic N) is 1. The molecule has 1 saturated heterocycles. The van der Waals surface area contributed by atoms with E-state index < -0.39 is 27.8 Å². The second kappa shape index (κ2) is 11.0. The Balaban J connectivity index is 2.20. The van der Waals surface area contributed by atoms with Crippen LogP contribution in [0.1, 0.15) is 69.9 Å². The molecule has 1 fully saturated rings. The van der Waals surface area contributed by atoms with Crippen LogP contribution in [-0.4, -0.2) is 24.9 Å². The molecule has 0 N–H and O–H groups in total. The second-order valence-corrected chi connectivity index (χ2v) is 10.5. The van der Waals surface area contributed by atoms with Crippen molar-refractivity contribution in [1.82, 2.24) is 4.31 Å². The lowest BCUT2D eigenvalue weighted by molar-refractivity contribution is 0.110. The first-order valence-corrected chi connectivity index (χ1v) is 13.4. The maximum atomic E-state index is 13.9. The van der Waals surface area contributed by atoms with Crippen molar-refractivity contribution in [2.45, 2.75) is 82.3 Å². The number of carbonyl (C=O) groups excluding carboxylic acids is 1. The molecule has 2 aromatic carbocycles. The van der Waals surface area contributed by atoms with Crippen LogP contribution in [-0.2, 0) is 20.3 Å². The van der Waals surface area contributed by atoms with Gasteiger partial charge in [-0.25, -0.2) is 13.2 Å². The number of ether oxygens (including phenoxy) is 1. The van der Waals surface area contributed by atoms with Gasteiger partial charge in [-0.05, 0) is 43.9 Å². The first-order valence-electron chi connectivity index (χ1n) is 11.9. The number of cyclic esters (lactones) is 1. The van der Waals surface area contributed by atoms with Crippen LogP contribution in [0.5, 0.6) is 0 Å². The smallest absolute Gasteiger partial charge is 0.425 e. The minimum Gasteiger partial charge on any atom is -0.442 e. The molecular formula is C27H35NO4S. The van der Waals surface area contributed by atoms with E-state index >= 15 is 0 Å². The van der Waals surface area contributed by atoms with Gasteiger partial charge in [-0.15, -0.1) is 0 Å². The fourth-order valence-corrected chi connectivity index (χ4v) is 5.99. The monoisotopic (exact) mass is 469 g/mol. The van der Waals surface area contributed by atoms with Crippen LogP contribution in [0, 0.1) is 6.92 Å². The number of carbonyl (C=O) groups is 1. The number of unbranched alkanes of at least 4 members (excludes halogenated alkanes) is 4. The molecule has 33 heavy (non-hydrogen) atoms. The van der Waals surface area contributed by atoms with Gasteiger partial charge in [0.05, 0.1) is 4.90 Å². The molecule has 1 aliphatic heterocycles. The van der Waals surface area contributed by atoms with E-state index in [1.54, 1.807) is 24.3 Å². The SMILES string of the molecule is CCCC/C=C/[C@@]1(c2ccccc2)[C@H](CCCCC)OC(=O)N1S(=O)(=O)c1ccc(C)cc1. The number of hydrogen-bond acceptors (Lipinski definition) is 4. The van der Waals surface area contributed by atoms with Crippen molar-refractivity contribution in [2.75, 3.05) is 0 Å². The second-order valence-electron chi connectivity index (χ2n) is 8.69. The summed E-state index contributed by atoms with van der Waals surface area (Å²) in [6.07, 6.45) is 8.76. The zero-order chi connectivity index (χ0) is 23.9. The van der Waals surface area contributed by atoms with Gasteiger partial charge in [0.1, 0.15) is 11.6 Å². The predicted molar refractivity (Wildman–Crippen MR) is 131 cm³/mol. The van der Waals surface area contributed by atoms with Crippen LogP contribution in [0.2, 0.25) is 0 Å². The third-order valence-corrected chi connectivity index (χ3v) is 8.00. The number of rotatable bonds is 11. The van der Waals surface area contributed by atoms with Crippen molar-refractivity contribution in [2.24, 2.45) is 0 Å². The molecule has 0 aromatic heterocycles. The Bertz CT molecular complexity index is 1050. The van der Waals surface area contributed by atoms with Gasteiger partial charge in [-0.1, -0.05) is 99.7 Å². The minimum absolute atomic E-state index is 0.0847. The van der Waals surface area contributed by atoms with E-state index in [1.165, 1.54) is 0 Å². The fourth-order valence-electron chi connectivity index (χ4n) is 4.38. The number of amides is 1. The van der Waals surface area contributed by atoms with Crippen LogP contribution in [0.3, 0.4) is 0 Å². The summed E-state index contributed by atoms with van der Waals surface area (Å²) in [7, 11) is -4.16. The topological polar surface area (TPSA) is 63.7 Å². The summed E-state index contributed by atoms with van der Waals surface area (Å²) in [5.41, 5.74) is 0.453. The molecule has 0 radical (unpaired) electrons. The molecule has 0 aliphatic carbocycles. The van der Waals surface area contributed by atoms with E-state index in [9.17, 15) is 13.2 Å². The Hall–Kier alpha value is -2.60. The molecule has 178 valence electrons. The molecule has 3 rings (SSSR count). The van der Waals surface area contributed by atoms with Crippen molar-refractivity contribution in [3.05, 3.63) is 77.9 Å². The van der Waals surface area contributed by atoms with Crippen LogP contribution in [0.15, 0.2) is 71.6 Å². The van der Waals surface area contributed by atoms with Crippen molar-refractivity contribution in [1.29, 1.82) is 0 Å². The Kier molecular flexibility index (Phi) is 8.35. The Morgan fingerprint density at radius 1 is 0.970 bits per heavy atom. The van der Waals surface area contributed by atoms with Gasteiger partial charge in [0, 0.05) is 0 Å². The molecular weight excluding hydrogens is 434 g/mol. The zero-order valence-electron chi connectivity index (χ0n) is 19.9. The van der Waals surface area contributed by atoms with Gasteiger partial charge in [-0.3, -0.25) is 0 Å². The highest BCUT2D eigenvalue weighted by molar-refractivity contribution is 7.89. The van der Waals surface area contributed by atoms with Crippen molar-refractivity contribution < 1.29 is 17.9 Å². The highest BCUT2D eigenvalue weighted by atomic mass is 32.2. The maximum Gasteiger partial charge on any atom is 0.425 e. The van der Waals surface area contributed by atoms with E-state index in [-0.39, 0.29) is 4.90 Å². The van der Waals surface area contributed by atoms with Gasteiger partial charge in [0.15, 0.2) is 0 Å². The first kappa shape index (κ1) is 25.0. The third kappa shape index (κ3) is 5.16. The summed E-state index contributed by atoms with van der Waals surface area (Å²) < 4.78 is 34.6. The molecule has 5 nitrogen and oxygen atoms in total. The Morgan fingerprint density at radius 2 is 1.64 bits per heavy atom. The lowest BCUT2D eigenvalue weighted by Gasteiger charge is -2.36. The van der Waals surface area contributed by atoms with Crippen LogP contribution < -0.4 is 0 Å². The average Bonchev–Trinajstić information content (AvgIpc) is 3.10. The summed E-state index contributed by atoms with van der Waals surface area (Å²) >= 11 is 0. The number of allylic oxidation sites excluding steroid dienone is 1. The van der Waals surface area contributed by atoms with Crippen molar-refractivity contribution in [3.8, 4) is 0 Å². The number of benzene rings is 2. The highest BCUT2D eigenvalue weighted by Crippen LogP contribution is 2.46. The highest BCUT2D eigenvalue weighted by Gasteiger charge is 2.59. The summed E-state index contributed by atoms with van der Waals surface area (Å²) in [4.78, 5) is 13.4. The van der Waals surface area contributed by atoms with Crippen LogP contribution in [0.25, 0.3) is 0 Å². The lowest BCUT2D eigenvalue weighted by atomic mass is 9.82. The minimum atomic E-state index is -4.16. The lowest BCUT2D eigenvalue weighted by Crippen LogP contribution is -2.50. The molecule has 2 aromatic rings. The maximum absolute atomic E-state index is 13.9. The van der Waals surface area contributed by atoms with E-state index in [2.05, 4.69) is 13.8 Å². The quantitative estimate of drug-likeness (QED) is 0.270. The van der Waals surface area contributed by atoms with Gasteiger partial charge >= 0.3 is 6.09 Å². The number of hydrogen-bond donors (Lipinski definition) is 0. The van der Waals surface area contributed by atoms with E-state index in [0.717, 1.165) is 54.0 Å². The van der Waals surface area contributed by atoms with Gasteiger partial charge in [0.25, 0.3) is 10.0 Å². The normalized spacial score (nSPS) is 21.0. The Labute approximate surface area is 198 Å². The van der Waals surface area contributed by atoms with Crippen LogP contribution >= 0.6 is 0 Å². The molecule has 1 amide bonds. The molecule has 1 heterocycles. The molecule has 0 unspecified atom stereocenters. The summed E-state index contributed by atoms with van der Waals surface area (Å²) in [6, 6.07) is 16.0. The molecule has 6 heteroatoms. The predicted octanol–water partition coefficient (Wildman–Crippen LogP) is 6.73. The molecule has 0 bridgehead atoms. The van der Waals surface area contributed by atoms with Gasteiger partial charge in [-0.2, -0.15) is 4.31 Å². The fraction of sp³-hybridized carbons (Fsp3) is 0.444. The summed E-state index contributed by atoms with van der Waals surface area (Å²) in [5, 5.41) is 0. The first-order chi connectivity index (χ1) is 15.9. The summed E-state index contributed by atoms with van der Waals surface area (Å²) in [5.74, 6) is 0. The average molecular weight is 470 g/mol. The number of aryl methyl sites for hydroxylation is 1. The van der Waals surface area contributed by atoms with Crippen molar-refractivity contribution in [3.63, 3.8) is 0 Å². The standard InChI is InChI=1S/C27H35NO4S/c1-4-6-8-13-21-27(23-14-11-9-12-15-23)25(16-10-7-5-2)32-26(29)28(27)33(30,31)24-19-17-22(3)18-20-24/h9,11-15,17-21,25H,4-8,10,16H2,1-3H3/b21-13+/t25-,27+/m0/s1. The molecule has 0 saturated carbocycles. The molecule has 2 atom stereocenters. The largest absolute Gasteiger partial charge is 0.442 e. The van der Waals surface area contributed by atoms with E-state index in [0.29, 0.717) is 6.42 Å². The Morgan fingerprint density at radius 3 is 2.27 bits per heavy atom. The van der Waals surface area contributed by atoms with Gasteiger partial charge < -0.3 is 4.74 Å². The van der Waals surface area contributed by atoms with E-state index in [4.69, 9.17) is 4.74 Å². The molecule has 1 aliphatic rings. The van der Waals surface area contributed by atoms with Crippen molar-refractivity contribution >= 4 is 16.1 Å². The summed E-state index contributed by atoms with van der Waals surface area (Å²) in [6.45, 7) is 6.13. The van der Waals surface area contributed by atoms with Crippen LogP contribution in [0.4, 0.5) is 4.79 Å². The third-order valence-electron chi connectivity index (χ3n) is 6.20. The van der Waals surface area contributed by atoms with E-state index in [1.807, 2.05) is 49.4 Å². The molecule has 0 spiro atoms. The van der Waals surface area contributed by atoms with Gasteiger partial charge in [0.2, 0.25) is 0 Å². The number of sulfonamides is 1.